The molecule has 3 atom stereocenters. The Hall–Kier alpha value is -1.26. The fraction of sp³-hybridized carbons (Fsp3) is 0.833. The van der Waals surface area contributed by atoms with Crippen molar-refractivity contribution < 1.29 is 34.4 Å². The molecule has 0 aromatic carbocycles. The highest BCUT2D eigenvalue weighted by Gasteiger charge is 2.26. The Kier molecular flexibility index (Phi) is 7.75. The van der Waals surface area contributed by atoms with E-state index in [0.717, 1.165) is 0 Å². The largest absolute Gasteiger partial charge is 0.464 e. The monoisotopic (exact) mass is 308 g/mol. The lowest BCUT2D eigenvalue weighted by Gasteiger charge is -2.22. The van der Waals surface area contributed by atoms with Crippen molar-refractivity contribution in [1.82, 2.24) is 0 Å². The Morgan fingerprint density at radius 1 is 1.05 bits per heavy atom. The maximum absolute atomic E-state index is 11.4. The lowest BCUT2D eigenvalue weighted by Crippen LogP contribution is -2.46. The molecule has 0 aliphatic carbocycles. The first kappa shape index (κ1) is 19.7. The number of hydrogen-bond donors (Lipinski definition) is 5. The number of nitrogens with two attached hydrogens (primary N) is 2. The fourth-order valence-corrected chi connectivity index (χ4v) is 0.969. The highest BCUT2D eigenvalue weighted by molar-refractivity contribution is 5.81. The van der Waals surface area contributed by atoms with Gasteiger partial charge in [-0.05, 0) is 13.8 Å². The van der Waals surface area contributed by atoms with Crippen LogP contribution in [0, 0.1) is 0 Å². The molecule has 9 heteroatoms. The minimum Gasteiger partial charge on any atom is -0.464 e. The van der Waals surface area contributed by atoms with Gasteiger partial charge in [0.2, 0.25) is 0 Å². The molecule has 0 aliphatic heterocycles. The molecular formula is C12H24N2O7. The van der Waals surface area contributed by atoms with E-state index in [1.54, 1.807) is 0 Å². The summed E-state index contributed by atoms with van der Waals surface area (Å²) in [7, 11) is 0. The SMILES string of the molecule is CC(N)(CO)COC(=O)CC(O)C(=O)OCC(C)(N)CO. The van der Waals surface area contributed by atoms with E-state index in [2.05, 4.69) is 4.74 Å². The number of ether oxygens (including phenoxy) is 2. The Morgan fingerprint density at radius 2 is 1.48 bits per heavy atom. The predicted molar refractivity (Wildman–Crippen MR) is 71.9 cm³/mol. The lowest BCUT2D eigenvalue weighted by molar-refractivity contribution is -0.162. The average molecular weight is 308 g/mol. The van der Waals surface area contributed by atoms with Crippen LogP contribution in [0.1, 0.15) is 20.3 Å². The second kappa shape index (κ2) is 8.25. The maximum atomic E-state index is 11.4. The van der Waals surface area contributed by atoms with E-state index in [0.29, 0.717) is 0 Å². The van der Waals surface area contributed by atoms with Crippen molar-refractivity contribution in [2.24, 2.45) is 11.5 Å². The normalized spacial score (nSPS) is 18.2. The van der Waals surface area contributed by atoms with E-state index < -0.39 is 42.1 Å². The first-order valence-corrected chi connectivity index (χ1v) is 6.33. The van der Waals surface area contributed by atoms with Crippen LogP contribution in [0.4, 0.5) is 0 Å². The van der Waals surface area contributed by atoms with Crippen LogP contribution in [-0.2, 0) is 19.1 Å². The van der Waals surface area contributed by atoms with Crippen molar-refractivity contribution in [3.05, 3.63) is 0 Å². The third-order valence-electron chi connectivity index (χ3n) is 2.46. The number of aliphatic hydroxyl groups excluding tert-OH is 3. The van der Waals surface area contributed by atoms with Gasteiger partial charge in [0.15, 0.2) is 6.10 Å². The number of carbonyl (C=O) groups is 2. The second-order valence-corrected chi connectivity index (χ2v) is 5.61. The summed E-state index contributed by atoms with van der Waals surface area (Å²) in [5.74, 6) is -1.91. The molecule has 0 heterocycles. The van der Waals surface area contributed by atoms with Gasteiger partial charge >= 0.3 is 11.9 Å². The summed E-state index contributed by atoms with van der Waals surface area (Å²) in [5, 5.41) is 27.2. The van der Waals surface area contributed by atoms with Crippen LogP contribution in [-0.4, -0.2) is 70.9 Å². The van der Waals surface area contributed by atoms with Gasteiger partial charge in [0.1, 0.15) is 13.2 Å². The first-order chi connectivity index (χ1) is 9.53. The standard InChI is InChI=1S/C12H24N2O7/c1-11(13,4-15)6-20-9(18)3-8(17)10(19)21-7-12(2,14)5-16/h8,15-17H,3-7,13-14H2,1-2H3. The van der Waals surface area contributed by atoms with Gasteiger partial charge in [0, 0.05) is 0 Å². The molecule has 0 saturated carbocycles. The summed E-state index contributed by atoms with van der Waals surface area (Å²) >= 11 is 0. The number of aliphatic hydroxyl groups is 3. The van der Waals surface area contributed by atoms with E-state index in [-0.39, 0.29) is 19.8 Å². The van der Waals surface area contributed by atoms with Gasteiger partial charge in [-0.15, -0.1) is 0 Å². The quantitative estimate of drug-likeness (QED) is 0.284. The molecule has 0 spiro atoms. The van der Waals surface area contributed by atoms with Crippen molar-refractivity contribution in [3.8, 4) is 0 Å². The van der Waals surface area contributed by atoms with E-state index >= 15 is 0 Å². The van der Waals surface area contributed by atoms with Gasteiger partial charge in [0.05, 0.1) is 30.7 Å². The van der Waals surface area contributed by atoms with E-state index in [9.17, 15) is 14.7 Å². The highest BCUT2D eigenvalue weighted by Crippen LogP contribution is 2.04. The maximum Gasteiger partial charge on any atom is 0.335 e. The Labute approximate surface area is 122 Å². The predicted octanol–water partition coefficient (Wildman–Crippen LogP) is -2.76. The summed E-state index contributed by atoms with van der Waals surface area (Å²) in [5.41, 5.74) is 8.87. The Bertz CT molecular complexity index is 358. The van der Waals surface area contributed by atoms with Crippen molar-refractivity contribution in [1.29, 1.82) is 0 Å². The molecule has 21 heavy (non-hydrogen) atoms. The van der Waals surface area contributed by atoms with Crippen LogP contribution in [0.15, 0.2) is 0 Å². The zero-order valence-corrected chi connectivity index (χ0v) is 12.2. The third-order valence-corrected chi connectivity index (χ3v) is 2.46. The molecule has 124 valence electrons. The van der Waals surface area contributed by atoms with Crippen LogP contribution in [0.2, 0.25) is 0 Å². The zero-order valence-electron chi connectivity index (χ0n) is 12.2. The molecule has 0 fully saturated rings. The average Bonchev–Trinajstić information content (AvgIpc) is 2.42. The van der Waals surface area contributed by atoms with Gasteiger partial charge in [-0.3, -0.25) is 4.79 Å². The number of rotatable bonds is 9. The van der Waals surface area contributed by atoms with E-state index in [1.165, 1.54) is 13.8 Å². The number of carbonyl (C=O) groups excluding carboxylic acids is 2. The topological polar surface area (TPSA) is 165 Å². The smallest absolute Gasteiger partial charge is 0.335 e. The first-order valence-electron chi connectivity index (χ1n) is 6.33. The minimum absolute atomic E-state index is 0.254. The summed E-state index contributed by atoms with van der Waals surface area (Å²) in [6.45, 7) is 1.57. The molecule has 0 amide bonds. The van der Waals surface area contributed by atoms with Crippen molar-refractivity contribution in [3.63, 3.8) is 0 Å². The molecule has 0 aliphatic rings. The molecule has 0 aromatic rings. The van der Waals surface area contributed by atoms with Gasteiger partial charge < -0.3 is 36.3 Å². The number of hydrogen-bond acceptors (Lipinski definition) is 9. The third kappa shape index (κ3) is 8.58. The molecule has 3 unspecified atom stereocenters. The van der Waals surface area contributed by atoms with E-state index in [1.807, 2.05) is 0 Å². The molecule has 0 aromatic heterocycles. The molecule has 0 rings (SSSR count). The summed E-state index contributed by atoms with van der Waals surface area (Å²) in [6.07, 6.45) is -2.31. The summed E-state index contributed by atoms with van der Waals surface area (Å²) in [6, 6.07) is 0. The second-order valence-electron chi connectivity index (χ2n) is 5.61. The number of esters is 2. The van der Waals surface area contributed by atoms with Crippen LogP contribution >= 0.6 is 0 Å². The summed E-state index contributed by atoms with van der Waals surface area (Å²) in [4.78, 5) is 22.8. The molecule has 0 radical (unpaired) electrons. The van der Waals surface area contributed by atoms with Crippen LogP contribution in [0.3, 0.4) is 0 Å². The highest BCUT2D eigenvalue weighted by atomic mass is 16.6. The van der Waals surface area contributed by atoms with Crippen LogP contribution in [0.25, 0.3) is 0 Å². The van der Waals surface area contributed by atoms with Crippen LogP contribution in [0.5, 0.6) is 0 Å². The van der Waals surface area contributed by atoms with Crippen molar-refractivity contribution in [2.75, 3.05) is 26.4 Å². The Balaban J connectivity index is 4.15. The van der Waals surface area contributed by atoms with Crippen molar-refractivity contribution >= 4 is 11.9 Å². The minimum atomic E-state index is -1.70. The van der Waals surface area contributed by atoms with Gasteiger partial charge in [-0.1, -0.05) is 0 Å². The zero-order chi connectivity index (χ0) is 16.7. The fourth-order valence-electron chi connectivity index (χ4n) is 0.969. The Morgan fingerprint density at radius 3 is 1.90 bits per heavy atom. The van der Waals surface area contributed by atoms with E-state index in [4.69, 9.17) is 26.4 Å². The summed E-state index contributed by atoms with van der Waals surface area (Å²) < 4.78 is 9.41. The molecular weight excluding hydrogens is 284 g/mol. The molecule has 7 N–H and O–H groups in total. The van der Waals surface area contributed by atoms with Gasteiger partial charge in [0.25, 0.3) is 0 Å². The molecule has 0 saturated heterocycles. The van der Waals surface area contributed by atoms with Crippen molar-refractivity contribution in [2.45, 2.75) is 37.5 Å². The van der Waals surface area contributed by atoms with Gasteiger partial charge in [-0.2, -0.15) is 0 Å². The van der Waals surface area contributed by atoms with Crippen LogP contribution < -0.4 is 11.5 Å². The van der Waals surface area contributed by atoms with Gasteiger partial charge in [-0.25, -0.2) is 4.79 Å². The lowest BCUT2D eigenvalue weighted by atomic mass is 10.1. The molecule has 0 bridgehead atoms. The molecule has 9 nitrogen and oxygen atoms in total.